The molecule has 1 saturated heterocycles. The highest BCUT2D eigenvalue weighted by Crippen LogP contribution is 2.24. The highest BCUT2D eigenvalue weighted by molar-refractivity contribution is 5.91. The van der Waals surface area contributed by atoms with Crippen molar-refractivity contribution in [3.8, 4) is 5.75 Å². The lowest BCUT2D eigenvalue weighted by molar-refractivity contribution is 0.115. The van der Waals surface area contributed by atoms with E-state index >= 15 is 0 Å². The average Bonchev–Trinajstić information content (AvgIpc) is 2.47. The number of aliphatic hydroxyl groups is 1. The van der Waals surface area contributed by atoms with Crippen LogP contribution in [0.3, 0.4) is 0 Å². The summed E-state index contributed by atoms with van der Waals surface area (Å²) in [5.74, 6) is 0.633. The molecule has 0 spiro atoms. The van der Waals surface area contributed by atoms with Crippen LogP contribution in [-0.2, 0) is 0 Å². The molecule has 104 valence electrons. The molecule has 1 aromatic carbocycles. The van der Waals surface area contributed by atoms with Gasteiger partial charge in [0.25, 0.3) is 0 Å². The van der Waals surface area contributed by atoms with E-state index in [1.807, 2.05) is 12.1 Å². The maximum Gasteiger partial charge on any atom is 0.322 e. The number of hydrogen-bond acceptors (Lipinski definition) is 3. The van der Waals surface area contributed by atoms with Crippen molar-refractivity contribution >= 4 is 11.7 Å². The first-order valence-electron chi connectivity index (χ1n) is 6.57. The van der Waals surface area contributed by atoms with E-state index in [1.165, 1.54) is 0 Å². The summed E-state index contributed by atoms with van der Waals surface area (Å²) in [7, 11) is 1.57. The minimum Gasteiger partial charge on any atom is -0.495 e. The van der Waals surface area contributed by atoms with Crippen LogP contribution in [0.5, 0.6) is 5.75 Å². The Kier molecular flexibility index (Phi) is 4.63. The molecule has 1 aliphatic rings. The highest BCUT2D eigenvalue weighted by atomic mass is 16.5. The van der Waals surface area contributed by atoms with Crippen LogP contribution >= 0.6 is 0 Å². The summed E-state index contributed by atoms with van der Waals surface area (Å²) in [6, 6.07) is 7.04. The zero-order chi connectivity index (χ0) is 13.7. The first-order chi connectivity index (χ1) is 9.26. The lowest BCUT2D eigenvalue weighted by Gasteiger charge is -2.34. The quantitative estimate of drug-likeness (QED) is 0.878. The van der Waals surface area contributed by atoms with Crippen LogP contribution in [0, 0.1) is 0 Å². The molecule has 1 atom stereocenters. The summed E-state index contributed by atoms with van der Waals surface area (Å²) in [5.41, 5.74) is 0.650. The maximum atomic E-state index is 12.3. The van der Waals surface area contributed by atoms with Crippen molar-refractivity contribution in [1.29, 1.82) is 0 Å². The van der Waals surface area contributed by atoms with Gasteiger partial charge in [-0.1, -0.05) is 12.1 Å². The molecule has 2 amide bonds. The van der Waals surface area contributed by atoms with E-state index in [2.05, 4.69) is 5.32 Å². The third-order valence-corrected chi connectivity index (χ3v) is 3.45. The lowest BCUT2D eigenvalue weighted by atomic mass is 10.0. The first-order valence-corrected chi connectivity index (χ1v) is 6.57. The molecule has 1 aliphatic heterocycles. The summed E-state index contributed by atoms with van der Waals surface area (Å²) < 4.78 is 5.20. The molecular weight excluding hydrogens is 244 g/mol. The molecule has 5 heteroatoms. The van der Waals surface area contributed by atoms with Gasteiger partial charge < -0.3 is 20.1 Å². The van der Waals surface area contributed by atoms with Gasteiger partial charge in [-0.25, -0.2) is 4.79 Å². The molecule has 0 aliphatic carbocycles. The van der Waals surface area contributed by atoms with Gasteiger partial charge in [0.15, 0.2) is 0 Å². The first kappa shape index (κ1) is 13.7. The van der Waals surface area contributed by atoms with Crippen LogP contribution < -0.4 is 10.1 Å². The Bertz CT molecular complexity index is 436. The number of nitrogens with zero attached hydrogens (tertiary/aromatic N) is 1. The fourth-order valence-corrected chi connectivity index (χ4v) is 2.39. The third kappa shape index (κ3) is 3.17. The SMILES string of the molecule is COc1ccccc1NC(=O)N1CCCCC1CO. The number of methoxy groups -OCH3 is 1. The molecular formula is C14H20N2O3. The molecule has 0 saturated carbocycles. The van der Waals surface area contributed by atoms with Gasteiger partial charge in [0.2, 0.25) is 0 Å². The smallest absolute Gasteiger partial charge is 0.322 e. The van der Waals surface area contributed by atoms with Crippen molar-refractivity contribution in [1.82, 2.24) is 4.90 Å². The zero-order valence-electron chi connectivity index (χ0n) is 11.1. The second kappa shape index (κ2) is 6.43. The standard InChI is InChI=1S/C14H20N2O3/c1-19-13-8-3-2-7-12(13)15-14(18)16-9-5-4-6-11(16)10-17/h2-3,7-8,11,17H,4-6,9-10H2,1H3,(H,15,18). The molecule has 0 aromatic heterocycles. The van der Waals surface area contributed by atoms with Gasteiger partial charge in [-0.15, -0.1) is 0 Å². The average molecular weight is 264 g/mol. The van der Waals surface area contributed by atoms with Crippen LogP contribution in [0.25, 0.3) is 0 Å². The van der Waals surface area contributed by atoms with Gasteiger partial charge in [-0.3, -0.25) is 0 Å². The minimum atomic E-state index is -0.178. The summed E-state index contributed by atoms with van der Waals surface area (Å²) >= 11 is 0. The van der Waals surface area contributed by atoms with Crippen LogP contribution in [-0.4, -0.2) is 42.3 Å². The van der Waals surface area contributed by atoms with Crippen LogP contribution in [0.1, 0.15) is 19.3 Å². The summed E-state index contributed by atoms with van der Waals surface area (Å²) in [6.07, 6.45) is 2.90. The number of carbonyl (C=O) groups is 1. The fourth-order valence-electron chi connectivity index (χ4n) is 2.39. The second-order valence-electron chi connectivity index (χ2n) is 4.66. The number of benzene rings is 1. The summed E-state index contributed by atoms with van der Waals surface area (Å²) in [6.45, 7) is 0.700. The number of amides is 2. The largest absolute Gasteiger partial charge is 0.495 e. The van der Waals surface area contributed by atoms with E-state index < -0.39 is 0 Å². The van der Waals surface area contributed by atoms with Crippen molar-refractivity contribution < 1.29 is 14.6 Å². The van der Waals surface area contributed by atoms with Gasteiger partial charge in [0.05, 0.1) is 25.4 Å². The predicted octanol–water partition coefficient (Wildman–Crippen LogP) is 2.07. The molecule has 0 radical (unpaired) electrons. The van der Waals surface area contributed by atoms with E-state index in [0.29, 0.717) is 18.0 Å². The number of ether oxygens (including phenoxy) is 1. The maximum absolute atomic E-state index is 12.3. The van der Waals surface area contributed by atoms with E-state index in [0.717, 1.165) is 19.3 Å². The Morgan fingerprint density at radius 1 is 1.47 bits per heavy atom. The number of piperidine rings is 1. The van der Waals surface area contributed by atoms with Crippen molar-refractivity contribution in [3.05, 3.63) is 24.3 Å². The van der Waals surface area contributed by atoms with Gasteiger partial charge >= 0.3 is 6.03 Å². The molecule has 2 N–H and O–H groups in total. The van der Waals surface area contributed by atoms with Crippen LogP contribution in [0.15, 0.2) is 24.3 Å². The Labute approximate surface area is 113 Å². The highest BCUT2D eigenvalue weighted by Gasteiger charge is 2.26. The second-order valence-corrected chi connectivity index (χ2v) is 4.66. The van der Waals surface area contributed by atoms with Crippen molar-refractivity contribution in [2.45, 2.75) is 25.3 Å². The number of para-hydroxylation sites is 2. The van der Waals surface area contributed by atoms with E-state index in [9.17, 15) is 9.90 Å². The van der Waals surface area contributed by atoms with Gasteiger partial charge in [0.1, 0.15) is 5.75 Å². The summed E-state index contributed by atoms with van der Waals surface area (Å²) in [4.78, 5) is 14.0. The number of likely N-dealkylation sites (tertiary alicyclic amines) is 1. The Hall–Kier alpha value is -1.75. The van der Waals surface area contributed by atoms with Gasteiger partial charge in [0, 0.05) is 6.54 Å². The van der Waals surface area contributed by atoms with Gasteiger partial charge in [-0.2, -0.15) is 0 Å². The van der Waals surface area contributed by atoms with Crippen LogP contribution in [0.4, 0.5) is 10.5 Å². The number of urea groups is 1. The molecule has 1 fully saturated rings. The zero-order valence-corrected chi connectivity index (χ0v) is 11.1. The lowest BCUT2D eigenvalue weighted by Crippen LogP contribution is -2.47. The Morgan fingerprint density at radius 2 is 2.26 bits per heavy atom. The van der Waals surface area contributed by atoms with Crippen molar-refractivity contribution in [2.24, 2.45) is 0 Å². The van der Waals surface area contributed by atoms with Crippen molar-refractivity contribution in [2.75, 3.05) is 25.6 Å². The van der Waals surface area contributed by atoms with E-state index in [4.69, 9.17) is 4.74 Å². The Morgan fingerprint density at radius 3 is 3.00 bits per heavy atom. The summed E-state index contributed by atoms with van der Waals surface area (Å²) in [5, 5.41) is 12.2. The van der Waals surface area contributed by atoms with Gasteiger partial charge in [-0.05, 0) is 31.4 Å². The molecule has 5 nitrogen and oxygen atoms in total. The normalized spacial score (nSPS) is 19.1. The molecule has 19 heavy (non-hydrogen) atoms. The van der Waals surface area contributed by atoms with E-state index in [-0.39, 0.29) is 18.7 Å². The molecule has 0 bridgehead atoms. The minimum absolute atomic E-state index is 0.0132. The number of carbonyl (C=O) groups excluding carboxylic acids is 1. The number of nitrogens with one attached hydrogen (secondary N) is 1. The molecule has 1 heterocycles. The topological polar surface area (TPSA) is 61.8 Å². The predicted molar refractivity (Wildman–Crippen MR) is 73.4 cm³/mol. The molecule has 1 aromatic rings. The van der Waals surface area contributed by atoms with E-state index in [1.54, 1.807) is 24.1 Å². The number of anilines is 1. The fraction of sp³-hybridized carbons (Fsp3) is 0.500. The third-order valence-electron chi connectivity index (χ3n) is 3.45. The number of aliphatic hydroxyl groups excluding tert-OH is 1. The van der Waals surface area contributed by atoms with Crippen LogP contribution in [0.2, 0.25) is 0 Å². The molecule has 2 rings (SSSR count). The number of rotatable bonds is 3. The van der Waals surface area contributed by atoms with Crippen molar-refractivity contribution in [3.63, 3.8) is 0 Å². The monoisotopic (exact) mass is 264 g/mol. The number of hydrogen-bond donors (Lipinski definition) is 2. The Balaban J connectivity index is 2.07. The molecule has 1 unspecified atom stereocenters.